The molecule has 0 atom stereocenters. The molecule has 0 spiro atoms. The predicted molar refractivity (Wildman–Crippen MR) is 99.0 cm³/mol. The molecule has 0 aliphatic carbocycles. The standard InChI is InChI=1S/C21H29NO2/c1-3-4-5-6-7-8-9-10-11-18-16-20(23)22(21(18)24)19-14-12-17(2)13-15-19/h11-15H,3-10,16H2,1-2H3/b18-11+. The minimum Gasteiger partial charge on any atom is -0.274 e. The van der Waals surface area contributed by atoms with E-state index in [0.29, 0.717) is 11.3 Å². The van der Waals surface area contributed by atoms with E-state index in [4.69, 9.17) is 0 Å². The van der Waals surface area contributed by atoms with Gasteiger partial charge in [-0.2, -0.15) is 0 Å². The van der Waals surface area contributed by atoms with Crippen LogP contribution in [0.25, 0.3) is 0 Å². The molecule has 1 saturated heterocycles. The number of hydrogen-bond acceptors (Lipinski definition) is 2. The number of carbonyl (C=O) groups excluding carboxylic acids is 2. The van der Waals surface area contributed by atoms with Gasteiger partial charge in [-0.25, -0.2) is 4.90 Å². The van der Waals surface area contributed by atoms with Crippen LogP contribution < -0.4 is 4.90 Å². The Morgan fingerprint density at radius 3 is 2.25 bits per heavy atom. The highest BCUT2D eigenvalue weighted by molar-refractivity contribution is 6.28. The lowest BCUT2D eigenvalue weighted by atomic mass is 10.1. The molecule has 0 saturated carbocycles. The lowest BCUT2D eigenvalue weighted by Gasteiger charge is -2.13. The van der Waals surface area contributed by atoms with E-state index in [9.17, 15) is 9.59 Å². The summed E-state index contributed by atoms with van der Waals surface area (Å²) < 4.78 is 0. The topological polar surface area (TPSA) is 37.4 Å². The van der Waals surface area contributed by atoms with Crippen molar-refractivity contribution in [2.45, 2.75) is 71.6 Å². The summed E-state index contributed by atoms with van der Waals surface area (Å²) >= 11 is 0. The molecule has 0 unspecified atom stereocenters. The van der Waals surface area contributed by atoms with E-state index in [2.05, 4.69) is 6.92 Å². The van der Waals surface area contributed by atoms with E-state index in [0.717, 1.165) is 18.4 Å². The summed E-state index contributed by atoms with van der Waals surface area (Å²) in [4.78, 5) is 26.0. The average Bonchev–Trinajstić information content (AvgIpc) is 2.85. The number of anilines is 1. The van der Waals surface area contributed by atoms with Gasteiger partial charge in [0.25, 0.3) is 5.91 Å². The maximum atomic E-state index is 12.5. The van der Waals surface area contributed by atoms with Crippen LogP contribution >= 0.6 is 0 Å². The second-order valence-corrected chi connectivity index (χ2v) is 6.69. The summed E-state index contributed by atoms with van der Waals surface area (Å²) in [6, 6.07) is 7.53. The molecular formula is C21H29NO2. The fourth-order valence-electron chi connectivity index (χ4n) is 3.07. The Bertz CT molecular complexity index is 586. The third-order valence-electron chi connectivity index (χ3n) is 4.56. The Kier molecular flexibility index (Phi) is 7.23. The molecule has 1 heterocycles. The molecule has 0 N–H and O–H groups in total. The molecule has 24 heavy (non-hydrogen) atoms. The van der Waals surface area contributed by atoms with Crippen molar-refractivity contribution in [3.05, 3.63) is 41.5 Å². The maximum Gasteiger partial charge on any atom is 0.261 e. The highest BCUT2D eigenvalue weighted by atomic mass is 16.2. The van der Waals surface area contributed by atoms with Gasteiger partial charge in [0.05, 0.1) is 12.1 Å². The fourth-order valence-corrected chi connectivity index (χ4v) is 3.07. The third-order valence-corrected chi connectivity index (χ3v) is 4.56. The van der Waals surface area contributed by atoms with Crippen molar-refractivity contribution in [3.63, 3.8) is 0 Å². The first-order chi connectivity index (χ1) is 11.6. The monoisotopic (exact) mass is 327 g/mol. The summed E-state index contributed by atoms with van der Waals surface area (Å²) in [5.41, 5.74) is 2.45. The largest absolute Gasteiger partial charge is 0.274 e. The zero-order chi connectivity index (χ0) is 17.4. The number of hydrogen-bond donors (Lipinski definition) is 0. The van der Waals surface area contributed by atoms with Crippen molar-refractivity contribution >= 4 is 17.5 Å². The summed E-state index contributed by atoms with van der Waals surface area (Å²) in [6.07, 6.45) is 11.9. The van der Waals surface area contributed by atoms with E-state index < -0.39 is 0 Å². The molecule has 1 aromatic rings. The molecule has 2 rings (SSSR count). The van der Waals surface area contributed by atoms with Crippen LogP contribution in [-0.4, -0.2) is 11.8 Å². The molecule has 1 aliphatic rings. The maximum absolute atomic E-state index is 12.5. The Hall–Kier alpha value is -1.90. The van der Waals surface area contributed by atoms with Gasteiger partial charge in [0.1, 0.15) is 0 Å². The second kappa shape index (κ2) is 9.41. The van der Waals surface area contributed by atoms with Crippen LogP contribution in [0.3, 0.4) is 0 Å². The van der Waals surface area contributed by atoms with Crippen molar-refractivity contribution in [1.82, 2.24) is 0 Å². The number of imide groups is 1. The normalized spacial score (nSPS) is 16.4. The SMILES string of the molecule is CCCCCCCCC/C=C1\CC(=O)N(c2ccc(C)cc2)C1=O. The van der Waals surface area contributed by atoms with Gasteiger partial charge in [0.2, 0.25) is 5.91 Å². The Balaban J connectivity index is 1.81. The first-order valence-corrected chi connectivity index (χ1v) is 9.26. The number of carbonyl (C=O) groups is 2. The van der Waals surface area contributed by atoms with Crippen molar-refractivity contribution in [2.75, 3.05) is 4.90 Å². The Labute approximate surface area is 145 Å². The molecule has 2 amide bonds. The molecule has 3 nitrogen and oxygen atoms in total. The average molecular weight is 327 g/mol. The van der Waals surface area contributed by atoms with Crippen molar-refractivity contribution < 1.29 is 9.59 Å². The van der Waals surface area contributed by atoms with Gasteiger partial charge < -0.3 is 0 Å². The smallest absolute Gasteiger partial charge is 0.261 e. The first kappa shape index (κ1) is 18.4. The highest BCUT2D eigenvalue weighted by Gasteiger charge is 2.34. The third kappa shape index (κ3) is 5.05. The van der Waals surface area contributed by atoms with Crippen LogP contribution in [0.2, 0.25) is 0 Å². The highest BCUT2D eigenvalue weighted by Crippen LogP contribution is 2.26. The molecular weight excluding hydrogens is 298 g/mol. The lowest BCUT2D eigenvalue weighted by molar-refractivity contribution is -0.120. The van der Waals surface area contributed by atoms with Gasteiger partial charge in [0, 0.05) is 5.57 Å². The van der Waals surface area contributed by atoms with Crippen LogP contribution in [0.15, 0.2) is 35.9 Å². The number of unbranched alkanes of at least 4 members (excludes halogenated alkanes) is 7. The van der Waals surface area contributed by atoms with Crippen molar-refractivity contribution in [1.29, 1.82) is 0 Å². The fraction of sp³-hybridized carbons (Fsp3) is 0.524. The quantitative estimate of drug-likeness (QED) is 0.349. The molecule has 0 aromatic heterocycles. The van der Waals surface area contributed by atoms with Crippen molar-refractivity contribution in [2.24, 2.45) is 0 Å². The van der Waals surface area contributed by atoms with Gasteiger partial charge in [0.15, 0.2) is 0 Å². The summed E-state index contributed by atoms with van der Waals surface area (Å²) in [7, 11) is 0. The van der Waals surface area contributed by atoms with Crippen LogP contribution in [0, 0.1) is 6.92 Å². The molecule has 130 valence electrons. The summed E-state index contributed by atoms with van der Waals surface area (Å²) in [5, 5.41) is 0. The van der Waals surface area contributed by atoms with E-state index in [1.165, 1.54) is 43.4 Å². The number of benzene rings is 1. The minimum atomic E-state index is -0.146. The Morgan fingerprint density at radius 1 is 0.958 bits per heavy atom. The van der Waals surface area contributed by atoms with Gasteiger partial charge >= 0.3 is 0 Å². The van der Waals surface area contributed by atoms with E-state index >= 15 is 0 Å². The number of aryl methyl sites for hydroxylation is 1. The van der Waals surface area contributed by atoms with Gasteiger partial charge in [-0.1, -0.05) is 69.2 Å². The number of amides is 2. The number of rotatable bonds is 9. The molecule has 0 radical (unpaired) electrons. The van der Waals surface area contributed by atoms with Gasteiger partial charge in [-0.05, 0) is 31.9 Å². The van der Waals surface area contributed by atoms with Gasteiger partial charge in [-0.15, -0.1) is 0 Å². The predicted octanol–water partition coefficient (Wildman–Crippen LogP) is 5.33. The van der Waals surface area contributed by atoms with E-state index in [1.807, 2.05) is 37.3 Å². The Morgan fingerprint density at radius 2 is 1.58 bits per heavy atom. The minimum absolute atomic E-state index is 0.116. The van der Waals surface area contributed by atoms with E-state index in [1.54, 1.807) is 0 Å². The molecule has 0 bridgehead atoms. The summed E-state index contributed by atoms with van der Waals surface area (Å²) in [6.45, 7) is 4.22. The van der Waals surface area contributed by atoms with Crippen LogP contribution in [0.4, 0.5) is 5.69 Å². The molecule has 1 aliphatic heterocycles. The molecule has 1 fully saturated rings. The summed E-state index contributed by atoms with van der Waals surface area (Å²) in [5.74, 6) is -0.263. The second-order valence-electron chi connectivity index (χ2n) is 6.69. The first-order valence-electron chi connectivity index (χ1n) is 9.26. The van der Waals surface area contributed by atoms with E-state index in [-0.39, 0.29) is 18.2 Å². The van der Waals surface area contributed by atoms with Crippen molar-refractivity contribution in [3.8, 4) is 0 Å². The number of allylic oxidation sites excluding steroid dienone is 1. The zero-order valence-corrected chi connectivity index (χ0v) is 15.0. The van der Waals surface area contributed by atoms with Crippen LogP contribution in [-0.2, 0) is 9.59 Å². The molecule has 1 aromatic carbocycles. The van der Waals surface area contributed by atoms with Crippen LogP contribution in [0.1, 0.15) is 70.3 Å². The number of nitrogens with zero attached hydrogens (tertiary/aromatic N) is 1. The molecule has 3 heteroatoms. The lowest BCUT2D eigenvalue weighted by Crippen LogP contribution is -2.28. The van der Waals surface area contributed by atoms with Crippen LogP contribution in [0.5, 0.6) is 0 Å². The zero-order valence-electron chi connectivity index (χ0n) is 15.0. The van der Waals surface area contributed by atoms with Gasteiger partial charge in [-0.3, -0.25) is 9.59 Å².